The first-order chi connectivity index (χ1) is 10.1. The molecule has 0 unspecified atom stereocenters. The summed E-state index contributed by atoms with van der Waals surface area (Å²) >= 11 is 1.42. The van der Waals surface area contributed by atoms with Crippen LogP contribution in [0.3, 0.4) is 0 Å². The number of ketones is 1. The second-order valence-corrected chi connectivity index (χ2v) is 6.02. The molecule has 1 aromatic carbocycles. The van der Waals surface area contributed by atoms with E-state index in [0.29, 0.717) is 6.54 Å². The molecule has 2 rings (SSSR count). The molecule has 0 aliphatic heterocycles. The van der Waals surface area contributed by atoms with E-state index in [1.807, 2.05) is 42.6 Å². The summed E-state index contributed by atoms with van der Waals surface area (Å²) in [6, 6.07) is 11.7. The van der Waals surface area contributed by atoms with Crippen LogP contribution in [0.4, 0.5) is 0 Å². The van der Waals surface area contributed by atoms with E-state index in [2.05, 4.69) is 0 Å². The highest BCUT2D eigenvalue weighted by Crippen LogP contribution is 2.14. The summed E-state index contributed by atoms with van der Waals surface area (Å²) in [6.07, 6.45) is 0.538. The van der Waals surface area contributed by atoms with Gasteiger partial charge < -0.3 is 4.90 Å². The van der Waals surface area contributed by atoms with Gasteiger partial charge in [0.2, 0.25) is 5.91 Å². The zero-order valence-corrected chi connectivity index (χ0v) is 13.2. The Morgan fingerprint density at radius 3 is 2.52 bits per heavy atom. The maximum atomic E-state index is 12.1. The first-order valence-corrected chi connectivity index (χ1v) is 7.81. The van der Waals surface area contributed by atoms with Gasteiger partial charge in [-0.3, -0.25) is 9.59 Å². The highest BCUT2D eigenvalue weighted by atomic mass is 32.1. The van der Waals surface area contributed by atoms with Crippen LogP contribution in [0.15, 0.2) is 41.8 Å². The summed E-state index contributed by atoms with van der Waals surface area (Å²) in [7, 11) is 1.78. The van der Waals surface area contributed by atoms with Crippen LogP contribution in [0, 0.1) is 6.92 Å². The van der Waals surface area contributed by atoms with Gasteiger partial charge in [0, 0.05) is 26.4 Å². The van der Waals surface area contributed by atoms with Crippen molar-refractivity contribution in [2.75, 3.05) is 7.05 Å². The molecule has 0 aliphatic carbocycles. The third-order valence-electron chi connectivity index (χ3n) is 3.46. The predicted molar refractivity (Wildman–Crippen MR) is 85.5 cm³/mol. The molecule has 0 N–H and O–H groups in total. The van der Waals surface area contributed by atoms with Crippen molar-refractivity contribution in [3.63, 3.8) is 0 Å². The second-order valence-electron chi connectivity index (χ2n) is 5.08. The number of hydrogen-bond donors (Lipinski definition) is 0. The van der Waals surface area contributed by atoms with E-state index in [1.165, 1.54) is 16.9 Å². The van der Waals surface area contributed by atoms with Crippen LogP contribution < -0.4 is 0 Å². The zero-order chi connectivity index (χ0) is 15.2. The van der Waals surface area contributed by atoms with E-state index in [-0.39, 0.29) is 24.5 Å². The Bertz CT molecular complexity index is 619. The molecule has 1 heterocycles. The molecule has 110 valence electrons. The Morgan fingerprint density at radius 2 is 1.86 bits per heavy atom. The first kappa shape index (κ1) is 15.4. The average molecular weight is 301 g/mol. The quantitative estimate of drug-likeness (QED) is 0.763. The molecule has 2 aromatic rings. The molecule has 0 aliphatic rings. The molecule has 0 fully saturated rings. The van der Waals surface area contributed by atoms with Crippen LogP contribution in [0.2, 0.25) is 0 Å². The highest BCUT2D eigenvalue weighted by Gasteiger charge is 2.14. The fourth-order valence-electron chi connectivity index (χ4n) is 2.10. The van der Waals surface area contributed by atoms with Crippen molar-refractivity contribution >= 4 is 23.0 Å². The largest absolute Gasteiger partial charge is 0.341 e. The number of hydrogen-bond acceptors (Lipinski definition) is 3. The molecule has 0 radical (unpaired) electrons. The first-order valence-electron chi connectivity index (χ1n) is 6.93. The van der Waals surface area contributed by atoms with E-state index in [9.17, 15) is 9.59 Å². The van der Waals surface area contributed by atoms with Crippen LogP contribution in [0.1, 0.15) is 33.6 Å². The van der Waals surface area contributed by atoms with Gasteiger partial charge in [0.1, 0.15) is 0 Å². The molecule has 0 bridgehead atoms. The van der Waals surface area contributed by atoms with Gasteiger partial charge in [-0.05, 0) is 29.5 Å². The fraction of sp³-hybridized carbons (Fsp3) is 0.294. The van der Waals surface area contributed by atoms with Gasteiger partial charge in [0.25, 0.3) is 0 Å². The zero-order valence-electron chi connectivity index (χ0n) is 12.3. The number of carbonyl (C=O) groups is 2. The number of rotatable bonds is 6. The van der Waals surface area contributed by atoms with Crippen LogP contribution >= 0.6 is 11.3 Å². The van der Waals surface area contributed by atoms with Crippen molar-refractivity contribution in [1.29, 1.82) is 0 Å². The Labute approximate surface area is 129 Å². The maximum Gasteiger partial charge on any atom is 0.223 e. The van der Waals surface area contributed by atoms with Crippen molar-refractivity contribution in [2.45, 2.75) is 26.3 Å². The smallest absolute Gasteiger partial charge is 0.223 e. The SMILES string of the molecule is Cc1ccccc1CN(C)C(=O)CCC(=O)c1cccs1. The van der Waals surface area contributed by atoms with E-state index in [0.717, 1.165) is 10.4 Å². The fourth-order valence-corrected chi connectivity index (χ4v) is 2.80. The number of benzene rings is 1. The summed E-state index contributed by atoms with van der Waals surface area (Å²) in [5, 5.41) is 1.87. The van der Waals surface area contributed by atoms with Crippen LogP contribution in [0.25, 0.3) is 0 Å². The molecule has 1 amide bonds. The lowest BCUT2D eigenvalue weighted by Crippen LogP contribution is -2.26. The van der Waals surface area contributed by atoms with Gasteiger partial charge in [-0.1, -0.05) is 30.3 Å². The van der Waals surface area contributed by atoms with Crippen molar-refractivity contribution in [1.82, 2.24) is 4.90 Å². The molecule has 3 nitrogen and oxygen atoms in total. The minimum atomic E-state index is 0.00293. The Balaban J connectivity index is 1.86. The van der Waals surface area contributed by atoms with Gasteiger partial charge in [-0.15, -0.1) is 11.3 Å². The Morgan fingerprint density at radius 1 is 1.10 bits per heavy atom. The van der Waals surface area contributed by atoms with E-state index < -0.39 is 0 Å². The summed E-state index contributed by atoms with van der Waals surface area (Å²) < 4.78 is 0. The van der Waals surface area contributed by atoms with Gasteiger partial charge in [-0.25, -0.2) is 0 Å². The van der Waals surface area contributed by atoms with E-state index in [4.69, 9.17) is 0 Å². The Kier molecular flexibility index (Phi) is 5.28. The minimum Gasteiger partial charge on any atom is -0.341 e. The summed E-state index contributed by atoms with van der Waals surface area (Å²) in [5.41, 5.74) is 2.31. The van der Waals surface area contributed by atoms with E-state index >= 15 is 0 Å². The van der Waals surface area contributed by atoms with Crippen LogP contribution in [-0.4, -0.2) is 23.6 Å². The second kappa shape index (κ2) is 7.18. The molecular weight excluding hydrogens is 282 g/mol. The molecule has 0 spiro atoms. The van der Waals surface area contributed by atoms with Crippen LogP contribution in [0.5, 0.6) is 0 Å². The summed E-state index contributed by atoms with van der Waals surface area (Å²) in [4.78, 5) is 26.4. The lowest BCUT2D eigenvalue weighted by atomic mass is 10.1. The molecule has 0 saturated heterocycles. The van der Waals surface area contributed by atoms with Crippen molar-refractivity contribution in [2.24, 2.45) is 0 Å². The summed E-state index contributed by atoms with van der Waals surface area (Å²) in [5.74, 6) is 0.0470. The molecule has 1 aromatic heterocycles. The average Bonchev–Trinajstić information content (AvgIpc) is 3.01. The molecule has 21 heavy (non-hydrogen) atoms. The molecule has 4 heteroatoms. The third kappa shape index (κ3) is 4.26. The standard InChI is InChI=1S/C17H19NO2S/c1-13-6-3-4-7-14(13)12-18(2)17(20)10-9-15(19)16-8-5-11-21-16/h3-8,11H,9-10,12H2,1-2H3. The number of thiophene rings is 1. The topological polar surface area (TPSA) is 37.4 Å². The van der Waals surface area contributed by atoms with Gasteiger partial charge >= 0.3 is 0 Å². The Hall–Kier alpha value is -1.94. The third-order valence-corrected chi connectivity index (χ3v) is 4.37. The molecule has 0 saturated carbocycles. The molecular formula is C17H19NO2S. The lowest BCUT2D eigenvalue weighted by Gasteiger charge is -2.18. The van der Waals surface area contributed by atoms with Crippen molar-refractivity contribution in [3.05, 3.63) is 57.8 Å². The number of carbonyl (C=O) groups excluding carboxylic acids is 2. The van der Waals surface area contributed by atoms with Gasteiger partial charge in [0.05, 0.1) is 4.88 Å². The van der Waals surface area contributed by atoms with Gasteiger partial charge in [0.15, 0.2) is 5.78 Å². The van der Waals surface area contributed by atoms with Crippen LogP contribution in [-0.2, 0) is 11.3 Å². The van der Waals surface area contributed by atoms with E-state index in [1.54, 1.807) is 18.0 Å². The maximum absolute atomic E-state index is 12.1. The van der Waals surface area contributed by atoms with Crippen molar-refractivity contribution < 1.29 is 9.59 Å². The number of aryl methyl sites for hydroxylation is 1. The number of nitrogens with zero attached hydrogens (tertiary/aromatic N) is 1. The predicted octanol–water partition coefficient (Wildman–Crippen LogP) is 3.68. The van der Waals surface area contributed by atoms with Crippen molar-refractivity contribution in [3.8, 4) is 0 Å². The normalized spacial score (nSPS) is 10.4. The monoisotopic (exact) mass is 301 g/mol. The number of amides is 1. The minimum absolute atomic E-state index is 0.00293. The molecule has 0 atom stereocenters. The number of Topliss-reactive ketones (excluding diaryl/α,β-unsaturated/α-hetero) is 1. The lowest BCUT2D eigenvalue weighted by molar-refractivity contribution is -0.130. The summed E-state index contributed by atoms with van der Waals surface area (Å²) in [6.45, 7) is 2.62. The van der Waals surface area contributed by atoms with Gasteiger partial charge in [-0.2, -0.15) is 0 Å². The highest BCUT2D eigenvalue weighted by molar-refractivity contribution is 7.12.